The van der Waals surface area contributed by atoms with Crippen molar-refractivity contribution in [2.75, 3.05) is 43.4 Å². The molecule has 650 valence electrons. The van der Waals surface area contributed by atoms with E-state index < -0.39 is 209 Å². The molecule has 0 radical (unpaired) electrons. The molecule has 4 bridgehead atoms. The van der Waals surface area contributed by atoms with Gasteiger partial charge in [0.1, 0.15) is 103 Å². The summed E-state index contributed by atoms with van der Waals surface area (Å²) in [4.78, 5) is 243. The Morgan fingerprint density at radius 3 is 0.752 bits per heavy atom. The number of primary amides is 1. The van der Waals surface area contributed by atoms with E-state index in [-0.39, 0.29) is 52.0 Å². The van der Waals surface area contributed by atoms with Crippen LogP contribution in [0, 0.1) is 0 Å². The molecule has 27 N–H and O–H groups in total. The summed E-state index contributed by atoms with van der Waals surface area (Å²) in [5, 5.41) is 48.6. The summed E-state index contributed by atoms with van der Waals surface area (Å²) >= 11 is 0. The molecule has 0 aliphatic carbocycles. The van der Waals surface area contributed by atoms with Crippen molar-refractivity contribution in [1.29, 1.82) is 0 Å². The summed E-state index contributed by atoms with van der Waals surface area (Å²) < 4.78 is 0. The topological polar surface area (TPSA) is 640 Å². The molecule has 41 nitrogen and oxygen atoms in total. The van der Waals surface area contributed by atoms with E-state index in [0.717, 1.165) is 9.79 Å². The molecule has 0 aromatic heterocycles. The average molecular weight is 1680 g/mol. The third-order valence-corrected chi connectivity index (χ3v) is 20.5. The predicted octanol–water partition coefficient (Wildman–Crippen LogP) is -5.30. The summed E-state index contributed by atoms with van der Waals surface area (Å²) in [6.07, 6.45) is 2.50. The van der Waals surface area contributed by atoms with Crippen LogP contribution in [0.2, 0.25) is 0 Å². The highest BCUT2D eigenvalue weighted by molar-refractivity contribution is 8.76. The van der Waals surface area contributed by atoms with Gasteiger partial charge in [-0.1, -0.05) is 21.6 Å². The molecular weight excluding hydrogens is 1560 g/mol. The van der Waals surface area contributed by atoms with Gasteiger partial charge in [-0.05, 0) is 209 Å². The van der Waals surface area contributed by atoms with Crippen LogP contribution in [-0.2, 0) is 86.3 Å². The maximum atomic E-state index is 13.8. The van der Waals surface area contributed by atoms with Crippen molar-refractivity contribution in [2.45, 2.75) is 260 Å². The van der Waals surface area contributed by atoms with Gasteiger partial charge in [-0.2, -0.15) is 0 Å². The van der Waals surface area contributed by atoms with E-state index >= 15 is 0 Å². The molecule has 117 heavy (non-hydrogen) atoms. The number of rotatable bonds is 14. The van der Waals surface area contributed by atoms with E-state index in [1.807, 2.05) is 24.3 Å². The van der Waals surface area contributed by atoms with Crippen molar-refractivity contribution in [1.82, 2.24) is 90.4 Å². The number of nitrogens with one attached hydrogen (secondary N) is 19. The number of nitrogens with two attached hydrogens (primary N) is 4. The summed E-state index contributed by atoms with van der Waals surface area (Å²) in [6, 6.07) is -7.64. The van der Waals surface area contributed by atoms with Gasteiger partial charge in [-0.15, -0.1) is 0 Å². The van der Waals surface area contributed by atoms with Crippen LogP contribution in [0.5, 0.6) is 0 Å². The minimum Gasteiger partial charge on any atom is -0.382 e. The molecule has 0 unspecified atom stereocenters. The molecule has 0 saturated carbocycles. The normalized spacial score (nSPS) is 27.4. The average Bonchev–Trinajstić information content (AvgIpc) is 0.877. The number of hydrogen-bond donors (Lipinski definition) is 23. The quantitative estimate of drug-likeness (QED) is 0.0620. The number of amides is 18. The van der Waals surface area contributed by atoms with Gasteiger partial charge >= 0.3 is 0 Å². The maximum Gasteiger partial charge on any atom is 0.245 e. The number of fused-ring (bicyclic) bond motifs is 2. The third-order valence-electron chi connectivity index (χ3n) is 18.1. The van der Waals surface area contributed by atoms with E-state index in [0.29, 0.717) is 49.9 Å². The maximum absolute atomic E-state index is 13.8. The fourth-order valence-electron chi connectivity index (χ4n) is 10.7. The van der Waals surface area contributed by atoms with Gasteiger partial charge in [-0.25, -0.2) is 0 Å². The molecule has 0 spiro atoms. The lowest BCUT2D eigenvalue weighted by molar-refractivity contribution is -0.135. The number of benzene rings is 2. The van der Waals surface area contributed by atoms with Crippen molar-refractivity contribution in [3.05, 3.63) is 48.5 Å². The lowest BCUT2D eigenvalue weighted by Gasteiger charge is -2.25. The Morgan fingerprint density at radius 1 is 0.308 bits per heavy atom. The standard InChI is InChI=1S/C74H119N23O18S2/c1-36-59(100)81-39(4)62(103)87-45(10)68(109)94-53(20-14-17-31-75)71(112)91-43(8)66(107)85-37(2)60(101)82-41(6)64(105)89-47(12)70(111)96-55(22-16-19-33-77)73(114)97-56(58(78)99)34-79-49-23-27-51(28-24-49)116-117-52-29-25-50(26-30-52)80-35-57(93-48(13)98)74(115)92-44(9)67(108)86-38(3)61(102)83-40(5)63(104)88-46(11)69(110)95-54(21-15-18-32-76)72(113)90-42(7)65(106)84-36/h23-30,36-47,53-57,79-80H,14-22,31-35,75-77H2,1-13H3,(H2,78,99)(H,81,100)(H,82,101)(H,83,102)(H,84,106)(H,85,107)(H,86,108)(H,87,103)(H,88,104)(H,89,105)(H,90,113)(H,91,112)(H,92,115)(H,93,98)(H,94,109)(H,95,110)(H,96,111)(H,97,114)/t36-,37-,38-,39-,40-,41-,42-,43-,44-,45-,46-,47-,53-,54-,55-,56-,57-/m0/s1. The number of carbonyl (C=O) groups is 18. The molecule has 0 saturated heterocycles. The van der Waals surface area contributed by atoms with E-state index in [4.69, 9.17) is 22.9 Å². The highest BCUT2D eigenvalue weighted by Gasteiger charge is 2.35. The second-order valence-electron chi connectivity index (χ2n) is 28.5. The Morgan fingerprint density at radius 2 is 0.521 bits per heavy atom. The van der Waals surface area contributed by atoms with E-state index in [1.165, 1.54) is 112 Å². The van der Waals surface area contributed by atoms with Crippen LogP contribution in [0.4, 0.5) is 11.4 Å². The minimum absolute atomic E-state index is 0.0225. The summed E-state index contributed by atoms with van der Waals surface area (Å²) in [5.41, 5.74) is 24.0. The number of anilines is 2. The van der Waals surface area contributed by atoms with Crippen LogP contribution in [0.1, 0.15) is 148 Å². The first-order valence-electron chi connectivity index (χ1n) is 38.6. The van der Waals surface area contributed by atoms with Crippen molar-refractivity contribution in [3.8, 4) is 0 Å². The first-order valence-corrected chi connectivity index (χ1v) is 40.8. The Kier molecular flexibility index (Phi) is 43.9. The van der Waals surface area contributed by atoms with E-state index in [9.17, 15) is 86.3 Å². The molecule has 43 heteroatoms. The smallest absolute Gasteiger partial charge is 0.245 e. The molecule has 3 aliphatic rings. The van der Waals surface area contributed by atoms with Crippen LogP contribution in [-0.4, -0.2) is 242 Å². The fourth-order valence-corrected chi connectivity index (χ4v) is 12.6. The lowest BCUT2D eigenvalue weighted by atomic mass is 10.1. The van der Waals surface area contributed by atoms with Crippen LogP contribution < -0.4 is 124 Å². The zero-order chi connectivity index (χ0) is 87.9. The molecule has 3 heterocycles. The van der Waals surface area contributed by atoms with Gasteiger partial charge in [0, 0.05) is 41.2 Å². The third kappa shape index (κ3) is 36.4. The van der Waals surface area contributed by atoms with Crippen LogP contribution >= 0.6 is 21.6 Å². The zero-order valence-electron chi connectivity index (χ0n) is 68.3. The first-order chi connectivity index (χ1) is 55.1. The number of carbonyl (C=O) groups excluding carboxylic acids is 18. The zero-order valence-corrected chi connectivity index (χ0v) is 69.9. The van der Waals surface area contributed by atoms with Gasteiger partial charge in [0.05, 0.1) is 0 Å². The molecule has 5 rings (SSSR count). The van der Waals surface area contributed by atoms with Gasteiger partial charge in [0.2, 0.25) is 106 Å². The molecule has 3 aliphatic heterocycles. The fraction of sp³-hybridized carbons (Fsp3) is 0.595. The Balaban J connectivity index is 1.85. The molecule has 18 amide bonds. The Hall–Kier alpha value is -10.9. The summed E-state index contributed by atoms with van der Waals surface area (Å²) in [6.45, 7) is 17.4. The van der Waals surface area contributed by atoms with Crippen molar-refractivity contribution in [3.63, 3.8) is 0 Å². The van der Waals surface area contributed by atoms with Crippen molar-refractivity contribution < 1.29 is 86.3 Å². The highest BCUT2D eigenvalue weighted by atomic mass is 33.1. The molecule has 0 fully saturated rings. The van der Waals surface area contributed by atoms with Gasteiger partial charge in [0.25, 0.3) is 0 Å². The molecule has 17 atom stereocenters. The van der Waals surface area contributed by atoms with Crippen LogP contribution in [0.25, 0.3) is 0 Å². The van der Waals surface area contributed by atoms with Crippen LogP contribution in [0.15, 0.2) is 58.3 Å². The molecule has 2 aromatic rings. The first kappa shape index (κ1) is 100. The number of unbranched alkanes of at least 4 members (excludes halogenated alkanes) is 3. The van der Waals surface area contributed by atoms with E-state index in [2.05, 4.69) is 101 Å². The second-order valence-corrected chi connectivity index (χ2v) is 30.8. The van der Waals surface area contributed by atoms with Gasteiger partial charge in [-0.3, -0.25) is 86.3 Å². The van der Waals surface area contributed by atoms with Gasteiger partial charge in [0.15, 0.2) is 0 Å². The van der Waals surface area contributed by atoms with Crippen molar-refractivity contribution >= 4 is 139 Å². The largest absolute Gasteiger partial charge is 0.382 e. The molecule has 2 aromatic carbocycles. The summed E-state index contributed by atoms with van der Waals surface area (Å²) in [5.74, 6) is -14.7. The lowest BCUT2D eigenvalue weighted by Crippen LogP contribution is -2.59. The Labute approximate surface area is 687 Å². The SMILES string of the molecule is CC(=O)N[C@H]1CNc2ccc(cc2)SSc2ccc(cc2)NC[C@@H](C(N)=O)NC(=O)[C@H](CCCCN)NC(=O)[C@H](C)NC(=O)[C@H](C)NC(=O)[C@H](C)NC(=O)[C@H](C)NC(=O)[C@H](CCCCN)NC(=O)[C@H](C)NC(=O)[C@H](C)NC(=O)[C@H](C)NC(=O)[C@H](C)NC(=O)[C@H](CCCCN)NC(=O)[C@H](C)NC(=O)[C@H](C)NC(=O)[C@H](C)NC(=O)[C@H](C)NC1=O. The van der Waals surface area contributed by atoms with Crippen molar-refractivity contribution in [2.24, 2.45) is 22.9 Å². The summed E-state index contributed by atoms with van der Waals surface area (Å²) in [7, 11) is 2.85. The Bertz CT molecular complexity index is 3770. The van der Waals surface area contributed by atoms with Gasteiger partial charge < -0.3 is 124 Å². The minimum atomic E-state index is -1.33. The monoisotopic (exact) mass is 1680 g/mol. The van der Waals surface area contributed by atoms with Crippen LogP contribution in [0.3, 0.4) is 0 Å². The molecular formula is C74H119N23O18S2. The second kappa shape index (κ2) is 51.2. The van der Waals surface area contributed by atoms with E-state index in [1.54, 1.807) is 24.3 Å². The number of hydrogen-bond acceptors (Lipinski definition) is 25. The predicted molar refractivity (Wildman–Crippen MR) is 436 cm³/mol. The highest BCUT2D eigenvalue weighted by Crippen LogP contribution is 2.38.